The lowest BCUT2D eigenvalue weighted by atomic mass is 9.95. The fourth-order valence-corrected chi connectivity index (χ4v) is 4.03. The Morgan fingerprint density at radius 1 is 1.14 bits per heavy atom. The van der Waals surface area contributed by atoms with Crippen LogP contribution < -0.4 is 21.1 Å². The largest absolute Gasteiger partial charge is 0.382 e. The van der Waals surface area contributed by atoms with E-state index in [-0.39, 0.29) is 6.42 Å². The van der Waals surface area contributed by atoms with E-state index < -0.39 is 15.9 Å². The number of benzene rings is 1. The van der Waals surface area contributed by atoms with Crippen LogP contribution in [-0.2, 0) is 21.2 Å². The van der Waals surface area contributed by atoms with Crippen LogP contribution in [0.1, 0.15) is 37.7 Å². The van der Waals surface area contributed by atoms with E-state index in [2.05, 4.69) is 20.3 Å². The van der Waals surface area contributed by atoms with Gasteiger partial charge in [0.05, 0.1) is 12.7 Å². The normalized spacial score (nSPS) is 14.9. The minimum absolute atomic E-state index is 0.133. The van der Waals surface area contributed by atoms with Crippen molar-refractivity contribution in [1.29, 1.82) is 0 Å². The molecule has 0 aliphatic heterocycles. The van der Waals surface area contributed by atoms with E-state index in [1.807, 2.05) is 6.07 Å². The molecule has 9 heteroatoms. The number of primary amides is 1. The zero-order valence-electron chi connectivity index (χ0n) is 16.4. The maximum atomic E-state index is 11.4. The summed E-state index contributed by atoms with van der Waals surface area (Å²) >= 11 is 0. The molecule has 1 aromatic heterocycles. The Morgan fingerprint density at radius 3 is 2.41 bits per heavy atom. The molecule has 5 N–H and O–H groups in total. The highest BCUT2D eigenvalue weighted by atomic mass is 32.2. The predicted octanol–water partition coefficient (Wildman–Crippen LogP) is 2.97. The minimum Gasteiger partial charge on any atom is -0.382 e. The number of anilines is 4. The lowest BCUT2D eigenvalue weighted by Crippen LogP contribution is -2.24. The van der Waals surface area contributed by atoms with Crippen LogP contribution in [0.25, 0.3) is 0 Å². The molecule has 1 heterocycles. The Morgan fingerprint density at radius 2 is 1.79 bits per heavy atom. The first kappa shape index (κ1) is 20.9. The Labute approximate surface area is 171 Å². The number of sulfonamides is 1. The van der Waals surface area contributed by atoms with Crippen LogP contribution in [0.3, 0.4) is 0 Å². The maximum Gasteiger partial charge on any atom is 0.229 e. The van der Waals surface area contributed by atoms with E-state index in [9.17, 15) is 13.2 Å². The van der Waals surface area contributed by atoms with Crippen molar-refractivity contribution < 1.29 is 13.2 Å². The van der Waals surface area contributed by atoms with Gasteiger partial charge in [0.2, 0.25) is 15.9 Å². The maximum absolute atomic E-state index is 11.4. The molecule has 1 amide bonds. The van der Waals surface area contributed by atoms with Gasteiger partial charge >= 0.3 is 0 Å². The average Bonchev–Trinajstić information content (AvgIpc) is 2.65. The van der Waals surface area contributed by atoms with E-state index >= 15 is 0 Å². The van der Waals surface area contributed by atoms with Crippen molar-refractivity contribution in [1.82, 2.24) is 4.98 Å². The summed E-state index contributed by atoms with van der Waals surface area (Å²) < 4.78 is 25.0. The van der Waals surface area contributed by atoms with E-state index in [1.54, 1.807) is 30.5 Å². The van der Waals surface area contributed by atoms with Gasteiger partial charge < -0.3 is 16.4 Å². The zero-order valence-corrected chi connectivity index (χ0v) is 17.3. The van der Waals surface area contributed by atoms with Gasteiger partial charge in [-0.1, -0.05) is 19.3 Å². The van der Waals surface area contributed by atoms with Gasteiger partial charge in [-0.2, -0.15) is 0 Å². The summed E-state index contributed by atoms with van der Waals surface area (Å²) in [6.45, 7) is 0. The van der Waals surface area contributed by atoms with Crippen molar-refractivity contribution in [3.05, 3.63) is 42.1 Å². The first-order chi connectivity index (χ1) is 13.8. The first-order valence-corrected chi connectivity index (χ1v) is 11.6. The number of nitrogens with zero attached hydrogens (tertiary/aromatic N) is 1. The molecule has 2 aromatic rings. The molecular weight excluding hydrogens is 390 g/mol. The monoisotopic (exact) mass is 417 g/mol. The van der Waals surface area contributed by atoms with Crippen molar-refractivity contribution in [3.8, 4) is 0 Å². The minimum atomic E-state index is -3.31. The number of nitrogens with one attached hydrogen (secondary N) is 3. The molecule has 1 aromatic carbocycles. The van der Waals surface area contributed by atoms with Crippen molar-refractivity contribution in [2.75, 3.05) is 21.6 Å². The summed E-state index contributed by atoms with van der Waals surface area (Å²) in [5.74, 6) is 0.230. The van der Waals surface area contributed by atoms with E-state index in [0.29, 0.717) is 17.5 Å². The Kier molecular flexibility index (Phi) is 6.58. The number of carbonyl (C=O) groups excluding carboxylic acids is 1. The van der Waals surface area contributed by atoms with Crippen LogP contribution in [0.2, 0.25) is 0 Å². The lowest BCUT2D eigenvalue weighted by molar-refractivity contribution is -0.117. The highest BCUT2D eigenvalue weighted by molar-refractivity contribution is 7.92. The fraction of sp³-hybridized carbons (Fsp3) is 0.400. The molecule has 0 saturated heterocycles. The highest BCUT2D eigenvalue weighted by Gasteiger charge is 2.16. The summed E-state index contributed by atoms with van der Waals surface area (Å²) in [6, 6.07) is 9.14. The third kappa shape index (κ3) is 6.63. The van der Waals surface area contributed by atoms with Crippen LogP contribution in [0.4, 0.5) is 22.9 Å². The molecule has 0 bridgehead atoms. The molecular formula is C20H27N5O3S. The number of nitrogens with two attached hydrogens (primary N) is 1. The third-order valence-electron chi connectivity index (χ3n) is 4.78. The first-order valence-electron chi connectivity index (χ1n) is 9.67. The smallest absolute Gasteiger partial charge is 0.229 e. The SMILES string of the molecule is CS(=O)(=O)Nc1ccc(Nc2cc(NC3CCCCC3)c(CC(N)=O)cn2)cc1. The van der Waals surface area contributed by atoms with Gasteiger partial charge in [-0.3, -0.25) is 9.52 Å². The molecule has 29 heavy (non-hydrogen) atoms. The fourth-order valence-electron chi connectivity index (χ4n) is 3.47. The molecule has 0 unspecified atom stereocenters. The van der Waals surface area contributed by atoms with Crippen LogP contribution in [0, 0.1) is 0 Å². The number of aromatic nitrogens is 1. The molecule has 0 spiro atoms. The Balaban J connectivity index is 1.76. The molecule has 156 valence electrons. The quantitative estimate of drug-likeness (QED) is 0.523. The second-order valence-electron chi connectivity index (χ2n) is 7.43. The van der Waals surface area contributed by atoms with Gasteiger partial charge in [-0.05, 0) is 37.1 Å². The zero-order chi connectivity index (χ0) is 20.9. The van der Waals surface area contributed by atoms with Gasteiger partial charge in [-0.15, -0.1) is 0 Å². The lowest BCUT2D eigenvalue weighted by Gasteiger charge is -2.25. The van der Waals surface area contributed by atoms with Crippen LogP contribution in [0.5, 0.6) is 0 Å². The molecule has 1 saturated carbocycles. The molecule has 0 atom stereocenters. The van der Waals surface area contributed by atoms with Gasteiger partial charge in [0.25, 0.3) is 0 Å². The van der Waals surface area contributed by atoms with Gasteiger partial charge in [0.1, 0.15) is 5.82 Å². The molecule has 1 fully saturated rings. The Bertz CT molecular complexity index is 955. The van der Waals surface area contributed by atoms with Crippen molar-refractivity contribution in [3.63, 3.8) is 0 Å². The Hall–Kier alpha value is -2.81. The second-order valence-corrected chi connectivity index (χ2v) is 9.17. The molecule has 0 radical (unpaired) electrons. The molecule has 1 aliphatic rings. The summed E-state index contributed by atoms with van der Waals surface area (Å²) in [5.41, 5.74) is 8.29. The van der Waals surface area contributed by atoms with Crippen LogP contribution >= 0.6 is 0 Å². The summed E-state index contributed by atoms with van der Waals surface area (Å²) in [6.07, 6.45) is 8.79. The number of hydrogen-bond acceptors (Lipinski definition) is 6. The predicted molar refractivity (Wildman–Crippen MR) is 116 cm³/mol. The second kappa shape index (κ2) is 9.13. The molecule has 3 rings (SSSR count). The van der Waals surface area contributed by atoms with Crippen molar-refractivity contribution in [2.24, 2.45) is 5.73 Å². The number of hydrogen-bond donors (Lipinski definition) is 4. The third-order valence-corrected chi connectivity index (χ3v) is 5.38. The van der Waals surface area contributed by atoms with Crippen molar-refractivity contribution in [2.45, 2.75) is 44.6 Å². The number of carbonyl (C=O) groups is 1. The van der Waals surface area contributed by atoms with Gasteiger partial charge in [-0.25, -0.2) is 13.4 Å². The van der Waals surface area contributed by atoms with Crippen LogP contribution in [-0.4, -0.2) is 31.6 Å². The highest BCUT2D eigenvalue weighted by Crippen LogP contribution is 2.27. The standard InChI is InChI=1S/C20H27N5O3S/c1-29(27,28)25-17-9-7-16(8-10-17)24-20-12-18(14(13-22-20)11-19(21)26)23-15-5-3-2-4-6-15/h7-10,12-13,15,25H,2-6,11H2,1H3,(H2,21,26)(H2,22,23,24). The number of amides is 1. The summed E-state index contributed by atoms with van der Waals surface area (Å²) in [5, 5.41) is 6.76. The average molecular weight is 418 g/mol. The molecule has 1 aliphatic carbocycles. The van der Waals surface area contributed by atoms with Gasteiger partial charge in [0, 0.05) is 40.9 Å². The molecule has 8 nitrogen and oxygen atoms in total. The number of rotatable bonds is 8. The summed E-state index contributed by atoms with van der Waals surface area (Å²) in [4.78, 5) is 15.8. The number of pyridine rings is 1. The van der Waals surface area contributed by atoms with E-state index in [1.165, 1.54) is 19.3 Å². The topological polar surface area (TPSA) is 126 Å². The van der Waals surface area contributed by atoms with E-state index in [4.69, 9.17) is 5.73 Å². The van der Waals surface area contributed by atoms with Gasteiger partial charge in [0.15, 0.2) is 0 Å². The summed E-state index contributed by atoms with van der Waals surface area (Å²) in [7, 11) is -3.31. The van der Waals surface area contributed by atoms with E-state index in [0.717, 1.165) is 36.0 Å². The van der Waals surface area contributed by atoms with Crippen LogP contribution in [0.15, 0.2) is 36.5 Å². The van der Waals surface area contributed by atoms with Crippen molar-refractivity contribution >= 4 is 38.8 Å².